The van der Waals surface area contributed by atoms with Crippen LogP contribution in [0, 0.1) is 0 Å². The van der Waals surface area contributed by atoms with Gasteiger partial charge in [0.1, 0.15) is 0 Å². The van der Waals surface area contributed by atoms with Gasteiger partial charge in [0.05, 0.1) is 6.61 Å². The maximum absolute atomic E-state index is 11.5. The molecule has 1 rings (SSSR count). The minimum atomic E-state index is -0.0292. The second-order valence-corrected chi connectivity index (χ2v) is 3.78. The maximum Gasteiger partial charge on any atom is 0.250 e. The summed E-state index contributed by atoms with van der Waals surface area (Å²) in [4.78, 5) is 11.5. The molecule has 17 heavy (non-hydrogen) atoms. The summed E-state index contributed by atoms with van der Waals surface area (Å²) in [6.45, 7) is 6.05. The Balaban J connectivity index is 2.79. The van der Waals surface area contributed by atoms with Gasteiger partial charge in [0.15, 0.2) is 0 Å². The van der Waals surface area contributed by atoms with Crippen LogP contribution in [0.3, 0.4) is 0 Å². The zero-order valence-electron chi connectivity index (χ0n) is 9.97. The van der Waals surface area contributed by atoms with E-state index in [0.29, 0.717) is 6.54 Å². The van der Waals surface area contributed by atoms with Gasteiger partial charge in [-0.15, -0.1) is 0 Å². The van der Waals surface area contributed by atoms with Crippen LogP contribution in [0.1, 0.15) is 6.92 Å². The minimum absolute atomic E-state index is 0.0182. The Morgan fingerprint density at radius 1 is 1.47 bits per heavy atom. The summed E-state index contributed by atoms with van der Waals surface area (Å²) >= 11 is 0. The fourth-order valence-corrected chi connectivity index (χ4v) is 1.35. The monoisotopic (exact) mass is 231 g/mol. The smallest absolute Gasteiger partial charge is 0.250 e. The molecule has 1 heterocycles. The molecule has 1 aromatic rings. The van der Waals surface area contributed by atoms with E-state index in [1.54, 1.807) is 29.0 Å². The fraction of sp³-hybridized carbons (Fsp3) is 0.214. The minimum Gasteiger partial charge on any atom is -0.392 e. The van der Waals surface area contributed by atoms with Gasteiger partial charge in [-0.2, -0.15) is 0 Å². The molecule has 0 aliphatic carbocycles. The molecule has 0 saturated carbocycles. The van der Waals surface area contributed by atoms with Crippen molar-refractivity contribution in [2.45, 2.75) is 13.5 Å². The number of rotatable bonds is 5. The van der Waals surface area contributed by atoms with Crippen LogP contribution < -0.4 is 5.56 Å². The van der Waals surface area contributed by atoms with E-state index in [1.165, 1.54) is 6.07 Å². The van der Waals surface area contributed by atoms with Crippen LogP contribution in [0.5, 0.6) is 0 Å². The van der Waals surface area contributed by atoms with Gasteiger partial charge in [0.25, 0.3) is 5.56 Å². The molecule has 3 nitrogen and oxygen atoms in total. The van der Waals surface area contributed by atoms with Crippen LogP contribution in [-0.2, 0) is 6.54 Å². The molecule has 0 aliphatic rings. The lowest BCUT2D eigenvalue weighted by molar-refractivity contribution is 0.335. The third-order valence-electron chi connectivity index (χ3n) is 2.35. The molecule has 0 atom stereocenters. The Kier molecular flexibility index (Phi) is 5.17. The normalized spacial score (nSPS) is 12.6. The summed E-state index contributed by atoms with van der Waals surface area (Å²) in [5.41, 5.74) is 1.77. The summed E-state index contributed by atoms with van der Waals surface area (Å²) in [7, 11) is 0. The van der Waals surface area contributed by atoms with Crippen molar-refractivity contribution >= 4 is 0 Å². The lowest BCUT2D eigenvalue weighted by atomic mass is 10.2. The topological polar surface area (TPSA) is 42.2 Å². The van der Waals surface area contributed by atoms with Gasteiger partial charge in [0.2, 0.25) is 0 Å². The molecule has 1 N–H and O–H groups in total. The van der Waals surface area contributed by atoms with E-state index < -0.39 is 0 Å². The Morgan fingerprint density at radius 2 is 2.24 bits per heavy atom. The van der Waals surface area contributed by atoms with Crippen LogP contribution >= 0.6 is 0 Å². The molecule has 0 spiro atoms. The first-order valence-corrected chi connectivity index (χ1v) is 5.42. The second-order valence-electron chi connectivity index (χ2n) is 3.78. The van der Waals surface area contributed by atoms with E-state index in [9.17, 15) is 4.79 Å². The van der Waals surface area contributed by atoms with Crippen molar-refractivity contribution in [1.29, 1.82) is 0 Å². The zero-order chi connectivity index (χ0) is 12.7. The molecule has 0 aromatic carbocycles. The third kappa shape index (κ3) is 4.25. The standard InChI is InChI=1S/C14H17NO2/c1-3-13(11-16)8-7-12(2)10-15-9-5-4-6-14(15)17/h3-9,16H,1,10-11H2,2H3/b12-7+,13-8+. The fourth-order valence-electron chi connectivity index (χ4n) is 1.35. The van der Waals surface area contributed by atoms with Gasteiger partial charge in [0, 0.05) is 18.8 Å². The van der Waals surface area contributed by atoms with Gasteiger partial charge in [-0.25, -0.2) is 0 Å². The summed E-state index contributed by atoms with van der Waals surface area (Å²) < 4.78 is 1.63. The molecule has 0 unspecified atom stereocenters. The number of hydrogen-bond acceptors (Lipinski definition) is 2. The summed E-state index contributed by atoms with van der Waals surface area (Å²) in [5.74, 6) is 0. The highest BCUT2D eigenvalue weighted by atomic mass is 16.3. The largest absolute Gasteiger partial charge is 0.392 e. The zero-order valence-corrected chi connectivity index (χ0v) is 9.97. The van der Waals surface area contributed by atoms with Crippen molar-refractivity contribution in [3.63, 3.8) is 0 Å². The lowest BCUT2D eigenvalue weighted by Crippen LogP contribution is -2.18. The van der Waals surface area contributed by atoms with E-state index >= 15 is 0 Å². The number of hydrogen-bond donors (Lipinski definition) is 1. The van der Waals surface area contributed by atoms with Crippen molar-refractivity contribution in [2.24, 2.45) is 0 Å². The molecule has 0 radical (unpaired) electrons. The molecule has 90 valence electrons. The molecular weight excluding hydrogens is 214 g/mol. The molecule has 1 aromatic heterocycles. The first kappa shape index (κ1) is 13.2. The van der Waals surface area contributed by atoms with Crippen molar-refractivity contribution in [2.75, 3.05) is 6.61 Å². The van der Waals surface area contributed by atoms with Crippen LogP contribution in [0.2, 0.25) is 0 Å². The van der Waals surface area contributed by atoms with E-state index in [0.717, 1.165) is 11.1 Å². The quantitative estimate of drug-likeness (QED) is 0.786. The highest BCUT2D eigenvalue weighted by Crippen LogP contribution is 2.00. The van der Waals surface area contributed by atoms with Crippen molar-refractivity contribution in [3.8, 4) is 0 Å². The van der Waals surface area contributed by atoms with Gasteiger partial charge < -0.3 is 9.67 Å². The van der Waals surface area contributed by atoms with Gasteiger partial charge >= 0.3 is 0 Å². The van der Waals surface area contributed by atoms with Gasteiger partial charge in [-0.3, -0.25) is 4.79 Å². The maximum atomic E-state index is 11.5. The molecule has 0 saturated heterocycles. The third-order valence-corrected chi connectivity index (χ3v) is 2.35. The average molecular weight is 231 g/mol. The Labute approximate surface area is 101 Å². The molecule has 0 amide bonds. The van der Waals surface area contributed by atoms with Gasteiger partial charge in [-0.05, 0) is 18.6 Å². The predicted molar refractivity (Wildman–Crippen MR) is 69.8 cm³/mol. The molecule has 3 heteroatoms. The van der Waals surface area contributed by atoms with Crippen molar-refractivity contribution in [1.82, 2.24) is 4.57 Å². The molecule has 0 fully saturated rings. The summed E-state index contributed by atoms with van der Waals surface area (Å²) in [5, 5.41) is 8.95. The van der Waals surface area contributed by atoms with Crippen molar-refractivity contribution in [3.05, 3.63) is 70.7 Å². The Hall–Kier alpha value is -1.87. The number of aliphatic hydroxyl groups is 1. The molecule has 0 aliphatic heterocycles. The van der Waals surface area contributed by atoms with E-state index in [2.05, 4.69) is 6.58 Å². The lowest BCUT2D eigenvalue weighted by Gasteiger charge is -2.04. The summed E-state index contributed by atoms with van der Waals surface area (Å²) in [6.07, 6.45) is 7.05. The van der Waals surface area contributed by atoms with Crippen LogP contribution in [0.25, 0.3) is 0 Å². The van der Waals surface area contributed by atoms with E-state index in [4.69, 9.17) is 5.11 Å². The van der Waals surface area contributed by atoms with E-state index in [1.807, 2.05) is 19.1 Å². The Bertz CT molecular complexity index is 495. The number of aromatic nitrogens is 1. The molecular formula is C14H17NO2. The highest BCUT2D eigenvalue weighted by Gasteiger charge is 1.94. The van der Waals surface area contributed by atoms with E-state index in [-0.39, 0.29) is 12.2 Å². The average Bonchev–Trinajstić information content (AvgIpc) is 2.33. The number of allylic oxidation sites excluding steroid dienone is 3. The number of nitrogens with zero attached hydrogens (tertiary/aromatic N) is 1. The van der Waals surface area contributed by atoms with Crippen LogP contribution in [0.15, 0.2) is 65.1 Å². The SMILES string of the molecule is C=C/C(=C\C=C(/C)Cn1ccccc1=O)CO. The second kappa shape index (κ2) is 6.66. The number of aliphatic hydroxyl groups excluding tert-OH is 1. The molecule has 0 bridgehead atoms. The summed E-state index contributed by atoms with van der Waals surface area (Å²) in [6, 6.07) is 5.08. The van der Waals surface area contributed by atoms with Crippen LogP contribution in [0.4, 0.5) is 0 Å². The first-order chi connectivity index (χ1) is 8.17. The van der Waals surface area contributed by atoms with Crippen molar-refractivity contribution < 1.29 is 5.11 Å². The highest BCUT2D eigenvalue weighted by molar-refractivity contribution is 5.24. The Morgan fingerprint density at radius 3 is 2.82 bits per heavy atom. The van der Waals surface area contributed by atoms with Gasteiger partial charge in [-0.1, -0.05) is 36.4 Å². The first-order valence-electron chi connectivity index (χ1n) is 5.42. The predicted octanol–water partition coefficient (Wildman–Crippen LogP) is 1.90. The van der Waals surface area contributed by atoms with Crippen LogP contribution in [-0.4, -0.2) is 16.3 Å². The number of pyridine rings is 1.